The van der Waals surface area contributed by atoms with Crippen LogP contribution in [0.25, 0.3) is 0 Å². The zero-order valence-corrected chi connectivity index (χ0v) is 11.6. The first-order chi connectivity index (χ1) is 9.73. The maximum atomic E-state index is 12.8. The van der Waals surface area contributed by atoms with Crippen LogP contribution in [0.4, 0.5) is 0 Å². The standard InChI is InChI=1S/C16H21NO3/c17-11-16(6-8-19-9-7-16)15(18)12-2-1-3-14(10-12)20-13-4-5-13/h1-3,10,13H,4-9,11,17H2. The molecule has 4 nitrogen and oxygen atoms in total. The second-order valence-electron chi connectivity index (χ2n) is 5.77. The van der Waals surface area contributed by atoms with Crippen molar-refractivity contribution in [1.82, 2.24) is 0 Å². The van der Waals surface area contributed by atoms with Gasteiger partial charge in [0.25, 0.3) is 0 Å². The lowest BCUT2D eigenvalue weighted by molar-refractivity contribution is 0.0200. The Balaban J connectivity index is 1.80. The molecule has 20 heavy (non-hydrogen) atoms. The van der Waals surface area contributed by atoms with Crippen molar-refractivity contribution in [2.45, 2.75) is 31.8 Å². The second kappa shape index (κ2) is 5.54. The van der Waals surface area contributed by atoms with Gasteiger partial charge in [0, 0.05) is 25.3 Å². The number of carbonyl (C=O) groups is 1. The Morgan fingerprint density at radius 1 is 1.35 bits per heavy atom. The van der Waals surface area contributed by atoms with Crippen LogP contribution in [-0.2, 0) is 4.74 Å². The molecule has 0 amide bonds. The van der Waals surface area contributed by atoms with Crippen molar-refractivity contribution < 1.29 is 14.3 Å². The van der Waals surface area contributed by atoms with E-state index in [1.807, 2.05) is 24.3 Å². The quantitative estimate of drug-likeness (QED) is 0.837. The van der Waals surface area contributed by atoms with Crippen molar-refractivity contribution in [2.24, 2.45) is 11.1 Å². The molecule has 2 fully saturated rings. The summed E-state index contributed by atoms with van der Waals surface area (Å²) in [5.41, 5.74) is 6.14. The van der Waals surface area contributed by atoms with Gasteiger partial charge in [0.05, 0.1) is 11.5 Å². The number of hydrogen-bond acceptors (Lipinski definition) is 4. The van der Waals surface area contributed by atoms with Gasteiger partial charge < -0.3 is 15.2 Å². The van der Waals surface area contributed by atoms with Crippen molar-refractivity contribution in [1.29, 1.82) is 0 Å². The van der Waals surface area contributed by atoms with Crippen molar-refractivity contribution in [3.63, 3.8) is 0 Å². The number of rotatable bonds is 5. The van der Waals surface area contributed by atoms with Gasteiger partial charge in [-0.05, 0) is 37.8 Å². The van der Waals surface area contributed by atoms with Crippen LogP contribution in [0.3, 0.4) is 0 Å². The summed E-state index contributed by atoms with van der Waals surface area (Å²) in [6.07, 6.45) is 3.98. The van der Waals surface area contributed by atoms with E-state index in [1.54, 1.807) is 0 Å². The maximum Gasteiger partial charge on any atom is 0.170 e. The van der Waals surface area contributed by atoms with E-state index in [4.69, 9.17) is 15.2 Å². The normalized spacial score (nSPS) is 21.4. The van der Waals surface area contributed by atoms with Gasteiger partial charge in [0.1, 0.15) is 5.75 Å². The van der Waals surface area contributed by atoms with Gasteiger partial charge in [-0.2, -0.15) is 0 Å². The predicted molar refractivity (Wildman–Crippen MR) is 76.0 cm³/mol. The van der Waals surface area contributed by atoms with E-state index in [9.17, 15) is 4.79 Å². The summed E-state index contributed by atoms with van der Waals surface area (Å²) in [5.74, 6) is 0.919. The lowest BCUT2D eigenvalue weighted by atomic mass is 9.74. The molecule has 1 saturated heterocycles. The fourth-order valence-electron chi connectivity index (χ4n) is 2.68. The highest BCUT2D eigenvalue weighted by atomic mass is 16.5. The fourth-order valence-corrected chi connectivity index (χ4v) is 2.68. The molecule has 1 aliphatic carbocycles. The number of ether oxygens (including phenoxy) is 2. The zero-order valence-electron chi connectivity index (χ0n) is 11.6. The molecule has 0 radical (unpaired) electrons. The topological polar surface area (TPSA) is 61.6 Å². The number of benzene rings is 1. The molecule has 2 N–H and O–H groups in total. The van der Waals surface area contributed by atoms with Gasteiger partial charge in [-0.15, -0.1) is 0 Å². The van der Waals surface area contributed by atoms with Gasteiger partial charge in [-0.25, -0.2) is 0 Å². The average Bonchev–Trinajstić information content (AvgIpc) is 3.31. The molecule has 1 heterocycles. The summed E-state index contributed by atoms with van der Waals surface area (Å²) in [6.45, 7) is 1.60. The van der Waals surface area contributed by atoms with E-state index in [1.165, 1.54) is 0 Å². The Bertz CT molecular complexity index is 490. The van der Waals surface area contributed by atoms with Crippen LogP contribution in [0.1, 0.15) is 36.0 Å². The Morgan fingerprint density at radius 3 is 2.75 bits per heavy atom. The van der Waals surface area contributed by atoms with Crippen LogP contribution in [0.2, 0.25) is 0 Å². The average molecular weight is 275 g/mol. The number of carbonyl (C=O) groups excluding carboxylic acids is 1. The number of Topliss-reactive ketones (excluding diaryl/α,β-unsaturated/α-hetero) is 1. The summed E-state index contributed by atoms with van der Waals surface area (Å²) in [6, 6.07) is 7.51. The Hall–Kier alpha value is -1.39. The van der Waals surface area contributed by atoms with E-state index in [2.05, 4.69) is 0 Å². The molecule has 3 rings (SSSR count). The predicted octanol–water partition coefficient (Wildman–Crippen LogP) is 2.17. The van der Waals surface area contributed by atoms with Crippen LogP contribution in [-0.4, -0.2) is 31.6 Å². The summed E-state index contributed by atoms with van der Waals surface area (Å²) in [5, 5.41) is 0. The van der Waals surface area contributed by atoms with Crippen molar-refractivity contribution in [3.05, 3.63) is 29.8 Å². The zero-order chi connectivity index (χ0) is 14.0. The van der Waals surface area contributed by atoms with Crippen LogP contribution in [0.15, 0.2) is 24.3 Å². The van der Waals surface area contributed by atoms with Gasteiger partial charge in [0.2, 0.25) is 0 Å². The highest BCUT2D eigenvalue weighted by molar-refractivity contribution is 6.01. The van der Waals surface area contributed by atoms with E-state index < -0.39 is 5.41 Å². The highest BCUT2D eigenvalue weighted by Crippen LogP contribution is 2.34. The smallest absolute Gasteiger partial charge is 0.170 e. The number of hydrogen-bond donors (Lipinski definition) is 1. The molecule has 1 aliphatic heterocycles. The minimum atomic E-state index is -0.462. The number of nitrogens with two attached hydrogens (primary N) is 1. The first kappa shape index (κ1) is 13.6. The van der Waals surface area contributed by atoms with E-state index in [-0.39, 0.29) is 5.78 Å². The largest absolute Gasteiger partial charge is 0.490 e. The molecule has 1 aromatic carbocycles. The molecule has 1 aromatic rings. The molecule has 108 valence electrons. The van der Waals surface area contributed by atoms with Crippen molar-refractivity contribution in [2.75, 3.05) is 19.8 Å². The molecular formula is C16H21NO3. The SMILES string of the molecule is NCC1(C(=O)c2cccc(OC3CC3)c2)CCOCC1. The molecule has 0 bridgehead atoms. The maximum absolute atomic E-state index is 12.8. The number of ketones is 1. The third kappa shape index (κ3) is 2.72. The second-order valence-corrected chi connectivity index (χ2v) is 5.77. The van der Waals surface area contributed by atoms with Crippen LogP contribution in [0.5, 0.6) is 5.75 Å². The Labute approximate surface area is 119 Å². The lowest BCUT2D eigenvalue weighted by Crippen LogP contribution is -2.43. The third-order valence-corrected chi connectivity index (χ3v) is 4.25. The minimum Gasteiger partial charge on any atom is -0.490 e. The minimum absolute atomic E-state index is 0.129. The van der Waals surface area contributed by atoms with Crippen molar-refractivity contribution in [3.8, 4) is 5.75 Å². The van der Waals surface area contributed by atoms with E-state index in [0.29, 0.717) is 44.3 Å². The van der Waals surface area contributed by atoms with Gasteiger partial charge in [-0.1, -0.05) is 12.1 Å². The van der Waals surface area contributed by atoms with Gasteiger partial charge in [0.15, 0.2) is 5.78 Å². The fraction of sp³-hybridized carbons (Fsp3) is 0.562. The molecule has 4 heteroatoms. The first-order valence-corrected chi connectivity index (χ1v) is 7.33. The Kier molecular flexibility index (Phi) is 3.76. The highest BCUT2D eigenvalue weighted by Gasteiger charge is 2.39. The Morgan fingerprint density at radius 2 is 2.10 bits per heavy atom. The third-order valence-electron chi connectivity index (χ3n) is 4.25. The van der Waals surface area contributed by atoms with Gasteiger partial charge in [-0.3, -0.25) is 4.79 Å². The van der Waals surface area contributed by atoms with Gasteiger partial charge >= 0.3 is 0 Å². The molecular weight excluding hydrogens is 254 g/mol. The monoisotopic (exact) mass is 275 g/mol. The summed E-state index contributed by atoms with van der Waals surface area (Å²) >= 11 is 0. The lowest BCUT2D eigenvalue weighted by Gasteiger charge is -2.34. The van der Waals surface area contributed by atoms with Crippen LogP contribution < -0.4 is 10.5 Å². The first-order valence-electron chi connectivity index (χ1n) is 7.33. The van der Waals surface area contributed by atoms with E-state index in [0.717, 1.165) is 18.6 Å². The van der Waals surface area contributed by atoms with Crippen LogP contribution >= 0.6 is 0 Å². The molecule has 0 spiro atoms. The molecule has 0 atom stereocenters. The summed E-state index contributed by atoms with van der Waals surface area (Å²) < 4.78 is 11.1. The van der Waals surface area contributed by atoms with E-state index >= 15 is 0 Å². The molecule has 1 saturated carbocycles. The molecule has 0 aromatic heterocycles. The van der Waals surface area contributed by atoms with Crippen molar-refractivity contribution >= 4 is 5.78 Å². The molecule has 0 unspecified atom stereocenters. The molecule has 2 aliphatic rings. The summed E-state index contributed by atoms with van der Waals surface area (Å²) in [4.78, 5) is 12.8. The summed E-state index contributed by atoms with van der Waals surface area (Å²) in [7, 11) is 0. The van der Waals surface area contributed by atoms with Crippen LogP contribution in [0, 0.1) is 5.41 Å².